The maximum atomic E-state index is 12.6. The van der Waals surface area contributed by atoms with Gasteiger partial charge in [-0.15, -0.1) is 24.0 Å². The summed E-state index contributed by atoms with van der Waals surface area (Å²) in [5.74, 6) is 1.09. The second kappa shape index (κ2) is 12.8. The molecule has 3 rings (SSSR count). The number of alkyl halides is 3. The quantitative estimate of drug-likeness (QED) is 0.289. The van der Waals surface area contributed by atoms with Gasteiger partial charge in [0.25, 0.3) is 0 Å². The Bertz CT molecular complexity index is 851. The molecule has 176 valence electrons. The molecular weight excluding hydrogens is 534 g/mol. The molecule has 1 saturated heterocycles. The van der Waals surface area contributed by atoms with E-state index >= 15 is 0 Å². The van der Waals surface area contributed by atoms with Gasteiger partial charge >= 0.3 is 6.18 Å². The molecule has 1 aliphatic heterocycles. The number of hydrogen-bond acceptors (Lipinski definition) is 4. The largest absolute Gasteiger partial charge is 0.473 e. The van der Waals surface area contributed by atoms with Crippen LogP contribution in [0, 0.1) is 0 Å². The van der Waals surface area contributed by atoms with Crippen LogP contribution in [0.5, 0.6) is 5.88 Å². The Morgan fingerprint density at radius 1 is 1.22 bits per heavy atom. The molecule has 2 heterocycles. The Morgan fingerprint density at radius 3 is 2.72 bits per heavy atom. The highest BCUT2D eigenvalue weighted by Gasteiger charge is 2.34. The SMILES string of the molecule is CCNC(=NCc1cccnc1OCc1ccccc1)NC1CCN(CC(F)(F)F)C1.I. The summed E-state index contributed by atoms with van der Waals surface area (Å²) in [7, 11) is 0. The number of pyridine rings is 1. The standard InChI is InChI=1S/C22H28F3N5O.HI/c1-2-26-21(29-19-10-12-30(14-19)16-22(23,24)25)28-13-18-9-6-11-27-20(18)31-15-17-7-4-3-5-8-17;/h3-9,11,19H,2,10,12-16H2,1H3,(H2,26,28,29);1H. The lowest BCUT2D eigenvalue weighted by Gasteiger charge is -2.20. The van der Waals surface area contributed by atoms with Crippen LogP contribution in [0.1, 0.15) is 24.5 Å². The first-order valence-corrected chi connectivity index (χ1v) is 10.4. The Hall–Kier alpha value is -2.08. The molecule has 1 unspecified atom stereocenters. The molecular formula is C22H29F3IN5O. The fraction of sp³-hybridized carbons (Fsp3) is 0.455. The van der Waals surface area contributed by atoms with Crippen LogP contribution >= 0.6 is 24.0 Å². The van der Waals surface area contributed by atoms with E-state index in [1.165, 1.54) is 4.90 Å². The zero-order valence-corrected chi connectivity index (χ0v) is 20.3. The first kappa shape index (κ1) is 26.2. The number of aromatic nitrogens is 1. The minimum atomic E-state index is -4.18. The molecule has 0 saturated carbocycles. The van der Waals surface area contributed by atoms with Gasteiger partial charge in [-0.05, 0) is 25.0 Å². The highest BCUT2D eigenvalue weighted by Crippen LogP contribution is 2.20. The van der Waals surface area contributed by atoms with Gasteiger partial charge in [-0.2, -0.15) is 13.2 Å². The summed E-state index contributed by atoms with van der Waals surface area (Å²) in [5, 5.41) is 6.41. The van der Waals surface area contributed by atoms with Crippen LogP contribution in [0.15, 0.2) is 53.7 Å². The zero-order valence-electron chi connectivity index (χ0n) is 17.9. The van der Waals surface area contributed by atoms with Crippen molar-refractivity contribution in [2.24, 2.45) is 4.99 Å². The Labute approximate surface area is 203 Å². The summed E-state index contributed by atoms with van der Waals surface area (Å²) in [6, 6.07) is 13.5. The molecule has 10 heteroatoms. The van der Waals surface area contributed by atoms with Crippen LogP contribution < -0.4 is 15.4 Å². The molecule has 2 aromatic rings. The summed E-state index contributed by atoms with van der Waals surface area (Å²) in [4.78, 5) is 10.3. The maximum absolute atomic E-state index is 12.6. The topological polar surface area (TPSA) is 61.8 Å². The molecule has 32 heavy (non-hydrogen) atoms. The average Bonchev–Trinajstić information content (AvgIpc) is 3.17. The molecule has 0 radical (unpaired) electrons. The van der Waals surface area contributed by atoms with Crippen molar-refractivity contribution in [2.75, 3.05) is 26.2 Å². The van der Waals surface area contributed by atoms with Crippen LogP contribution in [-0.2, 0) is 13.2 Å². The molecule has 1 aromatic heterocycles. The van der Waals surface area contributed by atoms with Crippen molar-refractivity contribution in [1.29, 1.82) is 0 Å². The number of nitrogens with zero attached hydrogens (tertiary/aromatic N) is 3. The van der Waals surface area contributed by atoms with Gasteiger partial charge in [0.1, 0.15) is 6.61 Å². The maximum Gasteiger partial charge on any atom is 0.401 e. The molecule has 1 aliphatic rings. The van der Waals surface area contributed by atoms with E-state index in [1.54, 1.807) is 6.20 Å². The van der Waals surface area contributed by atoms with Crippen molar-refractivity contribution >= 4 is 29.9 Å². The molecule has 0 amide bonds. The molecule has 6 nitrogen and oxygen atoms in total. The first-order chi connectivity index (χ1) is 14.9. The van der Waals surface area contributed by atoms with Gasteiger partial charge in [0.05, 0.1) is 13.1 Å². The summed E-state index contributed by atoms with van der Waals surface area (Å²) in [6.07, 6.45) is -1.87. The Kier molecular flexibility index (Phi) is 10.5. The molecule has 0 spiro atoms. The van der Waals surface area contributed by atoms with Crippen LogP contribution in [0.2, 0.25) is 0 Å². The van der Waals surface area contributed by atoms with Crippen molar-refractivity contribution in [3.05, 3.63) is 59.8 Å². The van der Waals surface area contributed by atoms with Gasteiger partial charge in [0.2, 0.25) is 5.88 Å². The van der Waals surface area contributed by atoms with Crippen LogP contribution in [0.25, 0.3) is 0 Å². The number of likely N-dealkylation sites (tertiary alicyclic amines) is 1. The van der Waals surface area contributed by atoms with Crippen molar-refractivity contribution in [1.82, 2.24) is 20.5 Å². The fourth-order valence-electron chi connectivity index (χ4n) is 3.43. The number of guanidine groups is 1. The van der Waals surface area contributed by atoms with Crippen molar-refractivity contribution < 1.29 is 17.9 Å². The number of rotatable bonds is 8. The number of ether oxygens (including phenoxy) is 1. The summed E-state index contributed by atoms with van der Waals surface area (Å²) >= 11 is 0. The third kappa shape index (κ3) is 8.81. The van der Waals surface area contributed by atoms with E-state index in [9.17, 15) is 13.2 Å². The first-order valence-electron chi connectivity index (χ1n) is 10.4. The third-order valence-electron chi connectivity index (χ3n) is 4.84. The number of hydrogen-bond donors (Lipinski definition) is 2. The molecule has 1 fully saturated rings. The number of nitrogens with one attached hydrogen (secondary N) is 2. The third-order valence-corrected chi connectivity index (χ3v) is 4.84. The van der Waals surface area contributed by atoms with Crippen molar-refractivity contribution in [2.45, 2.75) is 38.7 Å². The van der Waals surface area contributed by atoms with Gasteiger partial charge in [0.15, 0.2) is 5.96 Å². The van der Waals surface area contributed by atoms with E-state index in [-0.39, 0.29) is 30.0 Å². The number of halogens is 4. The molecule has 1 atom stereocenters. The summed E-state index contributed by atoms with van der Waals surface area (Å²) in [6.45, 7) is 3.21. The van der Waals surface area contributed by atoms with Gasteiger partial charge in [-0.1, -0.05) is 36.4 Å². The van der Waals surface area contributed by atoms with Crippen LogP contribution in [0.4, 0.5) is 13.2 Å². The van der Waals surface area contributed by atoms with E-state index in [0.29, 0.717) is 51.0 Å². The fourth-order valence-corrected chi connectivity index (χ4v) is 3.43. The van der Waals surface area contributed by atoms with Crippen LogP contribution in [0.3, 0.4) is 0 Å². The predicted molar refractivity (Wildman–Crippen MR) is 129 cm³/mol. The van der Waals surface area contributed by atoms with Gasteiger partial charge in [0, 0.05) is 37.4 Å². The van der Waals surface area contributed by atoms with Crippen LogP contribution in [-0.4, -0.2) is 54.2 Å². The van der Waals surface area contributed by atoms with E-state index in [4.69, 9.17) is 4.74 Å². The van der Waals surface area contributed by atoms with Crippen molar-refractivity contribution in [3.63, 3.8) is 0 Å². The van der Waals surface area contributed by atoms with Crippen molar-refractivity contribution in [3.8, 4) is 5.88 Å². The normalized spacial score (nSPS) is 17.0. The minimum Gasteiger partial charge on any atom is -0.473 e. The lowest BCUT2D eigenvalue weighted by Crippen LogP contribution is -2.45. The smallest absolute Gasteiger partial charge is 0.401 e. The van der Waals surface area contributed by atoms with Gasteiger partial charge < -0.3 is 15.4 Å². The summed E-state index contributed by atoms with van der Waals surface area (Å²) in [5.41, 5.74) is 1.88. The predicted octanol–water partition coefficient (Wildman–Crippen LogP) is 3.97. The Balaban J connectivity index is 0.00000363. The second-order valence-corrected chi connectivity index (χ2v) is 7.42. The van der Waals surface area contributed by atoms with Gasteiger partial charge in [-0.25, -0.2) is 9.98 Å². The van der Waals surface area contributed by atoms with E-state index in [1.807, 2.05) is 49.4 Å². The lowest BCUT2D eigenvalue weighted by molar-refractivity contribution is -0.143. The second-order valence-electron chi connectivity index (χ2n) is 7.42. The highest BCUT2D eigenvalue weighted by atomic mass is 127. The average molecular weight is 563 g/mol. The Morgan fingerprint density at radius 2 is 2.00 bits per heavy atom. The molecule has 0 bridgehead atoms. The molecule has 1 aromatic carbocycles. The number of benzene rings is 1. The van der Waals surface area contributed by atoms with E-state index in [0.717, 1.165) is 11.1 Å². The summed E-state index contributed by atoms with van der Waals surface area (Å²) < 4.78 is 43.7. The van der Waals surface area contributed by atoms with Gasteiger partial charge in [-0.3, -0.25) is 4.90 Å². The zero-order chi connectivity index (χ0) is 22.1. The van der Waals surface area contributed by atoms with E-state index < -0.39 is 12.7 Å². The number of aliphatic imine (C=N–C) groups is 1. The highest BCUT2D eigenvalue weighted by molar-refractivity contribution is 14.0. The molecule has 0 aliphatic carbocycles. The lowest BCUT2D eigenvalue weighted by atomic mass is 10.2. The minimum absolute atomic E-state index is 0. The molecule has 2 N–H and O–H groups in total. The van der Waals surface area contributed by atoms with E-state index in [2.05, 4.69) is 20.6 Å². The monoisotopic (exact) mass is 563 g/mol.